The molecule has 4 heteroatoms. The third-order valence-electron chi connectivity index (χ3n) is 2.97. The Hall–Kier alpha value is -1.81. The lowest BCUT2D eigenvalue weighted by molar-refractivity contribution is 0.102. The van der Waals surface area contributed by atoms with E-state index in [-0.39, 0.29) is 5.91 Å². The molecule has 0 bridgehead atoms. The zero-order valence-corrected chi connectivity index (χ0v) is 12.0. The van der Waals surface area contributed by atoms with E-state index < -0.39 is 0 Å². The summed E-state index contributed by atoms with van der Waals surface area (Å²) in [5, 5.41) is 3.65. The van der Waals surface area contributed by atoms with E-state index in [2.05, 4.69) is 10.3 Å². The van der Waals surface area contributed by atoms with Crippen molar-refractivity contribution in [3.8, 4) is 0 Å². The molecule has 0 aliphatic heterocycles. The average Bonchev–Trinajstić information content (AvgIpc) is 2.43. The number of amides is 1. The van der Waals surface area contributed by atoms with E-state index in [0.717, 1.165) is 16.3 Å². The molecular formula is C15H16N2OS. The lowest BCUT2D eigenvalue weighted by Crippen LogP contribution is -2.13. The van der Waals surface area contributed by atoms with Crippen LogP contribution in [0.4, 0.5) is 5.69 Å². The Kier molecular flexibility index (Phi) is 4.22. The van der Waals surface area contributed by atoms with Gasteiger partial charge in [0.2, 0.25) is 0 Å². The van der Waals surface area contributed by atoms with Crippen LogP contribution >= 0.6 is 11.8 Å². The van der Waals surface area contributed by atoms with E-state index in [1.54, 1.807) is 18.3 Å². The van der Waals surface area contributed by atoms with Crippen LogP contribution in [0.15, 0.2) is 41.6 Å². The van der Waals surface area contributed by atoms with Gasteiger partial charge in [-0.05, 0) is 55.5 Å². The van der Waals surface area contributed by atoms with Gasteiger partial charge in [0.25, 0.3) is 5.91 Å². The van der Waals surface area contributed by atoms with E-state index in [9.17, 15) is 4.79 Å². The van der Waals surface area contributed by atoms with Gasteiger partial charge in [0.1, 0.15) is 5.03 Å². The first kappa shape index (κ1) is 13.6. The molecule has 2 aromatic rings. The summed E-state index contributed by atoms with van der Waals surface area (Å²) >= 11 is 1.47. The third-order valence-corrected chi connectivity index (χ3v) is 3.69. The predicted molar refractivity (Wildman–Crippen MR) is 79.9 cm³/mol. The molecule has 19 heavy (non-hydrogen) atoms. The minimum Gasteiger partial charge on any atom is -0.322 e. The Bertz CT molecular complexity index is 611. The Balaban J connectivity index is 2.23. The summed E-state index contributed by atoms with van der Waals surface area (Å²) in [7, 11) is 0. The number of carbonyl (C=O) groups is 1. The van der Waals surface area contributed by atoms with Crippen LogP contribution in [0.3, 0.4) is 0 Å². The summed E-state index contributed by atoms with van der Waals surface area (Å²) in [4.78, 5) is 16.4. The van der Waals surface area contributed by atoms with E-state index in [4.69, 9.17) is 0 Å². The van der Waals surface area contributed by atoms with Gasteiger partial charge in [-0.1, -0.05) is 6.07 Å². The van der Waals surface area contributed by atoms with Crippen LogP contribution in [-0.2, 0) is 0 Å². The summed E-state index contributed by atoms with van der Waals surface area (Å²) in [5.74, 6) is -0.124. The van der Waals surface area contributed by atoms with Gasteiger partial charge in [0.05, 0.1) is 5.56 Å². The van der Waals surface area contributed by atoms with Crippen LogP contribution in [0, 0.1) is 13.8 Å². The Morgan fingerprint density at radius 1 is 1.21 bits per heavy atom. The maximum Gasteiger partial charge on any atom is 0.258 e. The van der Waals surface area contributed by atoms with Gasteiger partial charge in [-0.3, -0.25) is 4.79 Å². The van der Waals surface area contributed by atoms with E-state index in [0.29, 0.717) is 5.56 Å². The third kappa shape index (κ3) is 3.15. The van der Waals surface area contributed by atoms with Crippen LogP contribution in [0.2, 0.25) is 0 Å². The monoisotopic (exact) mass is 272 g/mol. The summed E-state index contributed by atoms with van der Waals surface area (Å²) in [6.07, 6.45) is 3.60. The normalized spacial score (nSPS) is 10.3. The molecule has 0 spiro atoms. The standard InChI is InChI=1S/C15H16N2OS/c1-10-6-7-12(9-11(10)2)17-14(18)13-5-4-8-16-15(13)19-3/h4-9H,1-3H3,(H,17,18). The van der Waals surface area contributed by atoms with Gasteiger partial charge in [-0.2, -0.15) is 0 Å². The average molecular weight is 272 g/mol. The number of anilines is 1. The molecule has 2 rings (SSSR count). The van der Waals surface area contributed by atoms with Crippen molar-refractivity contribution in [1.29, 1.82) is 0 Å². The van der Waals surface area contributed by atoms with Crippen LogP contribution in [-0.4, -0.2) is 17.1 Å². The second-order valence-electron chi connectivity index (χ2n) is 4.31. The number of nitrogens with zero attached hydrogens (tertiary/aromatic N) is 1. The number of hydrogen-bond donors (Lipinski definition) is 1. The van der Waals surface area contributed by atoms with Gasteiger partial charge < -0.3 is 5.32 Å². The molecule has 98 valence electrons. The van der Waals surface area contributed by atoms with Gasteiger partial charge in [0.15, 0.2) is 0 Å². The maximum absolute atomic E-state index is 12.2. The van der Waals surface area contributed by atoms with Gasteiger partial charge >= 0.3 is 0 Å². The number of nitrogens with one attached hydrogen (secondary N) is 1. The van der Waals surface area contributed by atoms with Crippen molar-refractivity contribution in [2.24, 2.45) is 0 Å². The number of thioether (sulfide) groups is 1. The second kappa shape index (κ2) is 5.89. The number of aromatic nitrogens is 1. The van der Waals surface area contributed by atoms with Crippen LogP contribution in [0.1, 0.15) is 21.5 Å². The molecule has 0 unspecified atom stereocenters. The highest BCUT2D eigenvalue weighted by molar-refractivity contribution is 7.98. The Morgan fingerprint density at radius 2 is 2.00 bits per heavy atom. The van der Waals surface area contributed by atoms with E-state index in [1.165, 1.54) is 17.3 Å². The minimum atomic E-state index is -0.124. The van der Waals surface area contributed by atoms with Crippen molar-refractivity contribution in [3.05, 3.63) is 53.2 Å². The Labute approximate surface area is 117 Å². The van der Waals surface area contributed by atoms with Crippen molar-refractivity contribution in [2.45, 2.75) is 18.9 Å². The summed E-state index contributed by atoms with van der Waals surface area (Å²) in [6, 6.07) is 9.45. The van der Waals surface area contributed by atoms with Crippen molar-refractivity contribution < 1.29 is 4.79 Å². The topological polar surface area (TPSA) is 42.0 Å². The summed E-state index contributed by atoms with van der Waals surface area (Å²) < 4.78 is 0. The first-order valence-electron chi connectivity index (χ1n) is 5.99. The van der Waals surface area contributed by atoms with Crippen molar-refractivity contribution >= 4 is 23.4 Å². The van der Waals surface area contributed by atoms with Gasteiger partial charge in [-0.15, -0.1) is 11.8 Å². The van der Waals surface area contributed by atoms with E-state index in [1.807, 2.05) is 38.3 Å². The highest BCUT2D eigenvalue weighted by Crippen LogP contribution is 2.19. The summed E-state index contributed by atoms with van der Waals surface area (Å²) in [6.45, 7) is 4.08. The number of benzene rings is 1. The predicted octanol–water partition coefficient (Wildman–Crippen LogP) is 3.67. The van der Waals surface area contributed by atoms with Crippen LogP contribution in [0.5, 0.6) is 0 Å². The zero-order chi connectivity index (χ0) is 13.8. The van der Waals surface area contributed by atoms with Crippen LogP contribution < -0.4 is 5.32 Å². The van der Waals surface area contributed by atoms with Crippen molar-refractivity contribution in [2.75, 3.05) is 11.6 Å². The molecule has 0 radical (unpaired) electrons. The largest absolute Gasteiger partial charge is 0.322 e. The fraction of sp³-hybridized carbons (Fsp3) is 0.200. The molecule has 0 atom stereocenters. The number of hydrogen-bond acceptors (Lipinski definition) is 3. The van der Waals surface area contributed by atoms with Gasteiger partial charge in [0, 0.05) is 11.9 Å². The second-order valence-corrected chi connectivity index (χ2v) is 5.11. The highest BCUT2D eigenvalue weighted by atomic mass is 32.2. The molecule has 1 N–H and O–H groups in total. The molecule has 1 heterocycles. The van der Waals surface area contributed by atoms with E-state index >= 15 is 0 Å². The lowest BCUT2D eigenvalue weighted by atomic mass is 10.1. The molecule has 3 nitrogen and oxygen atoms in total. The van der Waals surface area contributed by atoms with Crippen molar-refractivity contribution in [1.82, 2.24) is 4.98 Å². The molecular weight excluding hydrogens is 256 g/mol. The molecule has 0 saturated heterocycles. The Morgan fingerprint density at radius 3 is 2.68 bits per heavy atom. The first-order chi connectivity index (χ1) is 9.11. The number of rotatable bonds is 3. The minimum absolute atomic E-state index is 0.124. The molecule has 0 aliphatic rings. The van der Waals surface area contributed by atoms with Gasteiger partial charge in [-0.25, -0.2) is 4.98 Å². The van der Waals surface area contributed by atoms with Crippen molar-refractivity contribution in [3.63, 3.8) is 0 Å². The SMILES string of the molecule is CSc1ncccc1C(=O)Nc1ccc(C)c(C)c1. The highest BCUT2D eigenvalue weighted by Gasteiger charge is 2.11. The lowest BCUT2D eigenvalue weighted by Gasteiger charge is -2.09. The first-order valence-corrected chi connectivity index (χ1v) is 7.22. The zero-order valence-electron chi connectivity index (χ0n) is 11.2. The van der Waals surface area contributed by atoms with Crippen LogP contribution in [0.25, 0.3) is 0 Å². The number of pyridine rings is 1. The quantitative estimate of drug-likeness (QED) is 0.867. The fourth-order valence-corrected chi connectivity index (χ4v) is 2.29. The molecule has 1 aromatic carbocycles. The summed E-state index contributed by atoms with van der Waals surface area (Å²) in [5.41, 5.74) is 3.79. The number of aryl methyl sites for hydroxylation is 2. The fourth-order valence-electron chi connectivity index (χ4n) is 1.74. The molecule has 1 aromatic heterocycles. The molecule has 0 fully saturated rings. The smallest absolute Gasteiger partial charge is 0.258 e. The molecule has 1 amide bonds. The maximum atomic E-state index is 12.2. The molecule has 0 aliphatic carbocycles. The number of carbonyl (C=O) groups excluding carboxylic acids is 1. The molecule has 0 saturated carbocycles.